The first-order valence-corrected chi connectivity index (χ1v) is 20.6. The number of nitrogens with two attached hydrogens (primary N) is 2. The number of ketones is 1. The molecule has 6 rings (SSSR count). The summed E-state index contributed by atoms with van der Waals surface area (Å²) >= 11 is 6.21. The molecule has 0 radical (unpaired) electrons. The SMILES string of the molecule is NCC(=O)N[C@@H](Cc1ccc(O)cc1)C(=O)N[C@@H](Cc1ccc(OCc2ccccc2)cc1)C(=O)c1c(C(=O)OCc2ccccc2)cccc1N(C(=O)CN)c1n[nH]c(=S)s1. The molecule has 0 spiro atoms. The lowest BCUT2D eigenvalue weighted by Crippen LogP contribution is -2.54. The maximum absolute atomic E-state index is 15.4. The van der Waals surface area contributed by atoms with E-state index in [0.717, 1.165) is 21.8 Å². The number of benzene rings is 5. The fraction of sp³-hybridized carbons (Fsp3) is 0.178. The second kappa shape index (κ2) is 21.5. The number of esters is 1. The number of H-pyrrole nitrogens is 1. The largest absolute Gasteiger partial charge is 0.508 e. The molecule has 0 fully saturated rings. The second-order valence-corrected chi connectivity index (χ2v) is 15.5. The third-order valence-electron chi connectivity index (χ3n) is 9.46. The number of hydrogen-bond donors (Lipinski definition) is 6. The Balaban J connectivity index is 1.42. The summed E-state index contributed by atoms with van der Waals surface area (Å²) < 4.78 is 11.9. The van der Waals surface area contributed by atoms with Crippen LogP contribution >= 0.6 is 23.6 Å². The molecule has 0 saturated heterocycles. The van der Waals surface area contributed by atoms with Crippen LogP contribution in [0.3, 0.4) is 0 Å². The summed E-state index contributed by atoms with van der Waals surface area (Å²) in [6, 6.07) is 33.1. The van der Waals surface area contributed by atoms with Gasteiger partial charge in [0.15, 0.2) is 9.74 Å². The van der Waals surface area contributed by atoms with E-state index in [0.29, 0.717) is 29.0 Å². The summed E-state index contributed by atoms with van der Waals surface area (Å²) in [4.78, 5) is 71.2. The van der Waals surface area contributed by atoms with Crippen LogP contribution in [0, 0.1) is 3.95 Å². The Bertz CT molecular complexity index is 2550. The predicted octanol–water partition coefficient (Wildman–Crippen LogP) is 5.06. The number of amides is 3. The lowest BCUT2D eigenvalue weighted by molar-refractivity contribution is -0.128. The van der Waals surface area contributed by atoms with Crippen LogP contribution in [0.1, 0.15) is 43.0 Å². The highest BCUT2D eigenvalue weighted by molar-refractivity contribution is 7.73. The molecule has 3 amide bonds. The average Bonchev–Trinajstić information content (AvgIpc) is 3.73. The number of ether oxygens (including phenoxy) is 2. The van der Waals surface area contributed by atoms with Crippen molar-refractivity contribution in [3.63, 3.8) is 0 Å². The monoisotopic (exact) mass is 873 g/mol. The fourth-order valence-corrected chi connectivity index (χ4v) is 7.30. The van der Waals surface area contributed by atoms with Crippen LogP contribution in [-0.2, 0) is 45.2 Å². The molecule has 15 nitrogen and oxygen atoms in total. The Hall–Kier alpha value is -7.05. The number of aromatic nitrogens is 2. The minimum absolute atomic E-state index is 0.00128. The molecule has 1 aromatic heterocycles. The van der Waals surface area contributed by atoms with E-state index in [4.69, 9.17) is 33.2 Å². The van der Waals surface area contributed by atoms with E-state index in [1.807, 2.05) is 36.4 Å². The van der Waals surface area contributed by atoms with Crippen molar-refractivity contribution in [2.24, 2.45) is 11.5 Å². The van der Waals surface area contributed by atoms with Gasteiger partial charge in [-0.1, -0.05) is 102 Å². The summed E-state index contributed by atoms with van der Waals surface area (Å²) in [5, 5.41) is 22.2. The van der Waals surface area contributed by atoms with Crippen LogP contribution < -0.4 is 31.7 Å². The summed E-state index contributed by atoms with van der Waals surface area (Å²) in [5.41, 5.74) is 13.8. The highest BCUT2D eigenvalue weighted by Gasteiger charge is 2.35. The van der Waals surface area contributed by atoms with Crippen molar-refractivity contribution in [3.05, 3.63) is 165 Å². The quantitative estimate of drug-likeness (QED) is 0.0356. The average molecular weight is 874 g/mol. The summed E-state index contributed by atoms with van der Waals surface area (Å²) in [6.45, 7) is -0.757. The standard InChI is InChI=1S/C45H43N7O8S2/c46-24-38(54)48-36(23-28-14-18-32(53)19-15-28)42(57)49-35(22-29-16-20-33(21-17-29)59-26-30-8-3-1-4-9-30)41(56)40-34(43(58)60-27-31-10-5-2-6-11-31)12-7-13-37(40)52(39(55)25-47)44-50-51-45(61)62-44/h1-21,35-36,53H,22-27,46-47H2,(H,48,54)(H,49,57)(H,51,61)/t35-,36-/m0/s1. The van der Waals surface area contributed by atoms with Gasteiger partial charge in [-0.15, -0.1) is 5.10 Å². The van der Waals surface area contributed by atoms with Gasteiger partial charge in [-0.2, -0.15) is 0 Å². The molecule has 0 aliphatic heterocycles. The van der Waals surface area contributed by atoms with Gasteiger partial charge in [0.05, 0.1) is 35.9 Å². The van der Waals surface area contributed by atoms with Crippen molar-refractivity contribution in [1.29, 1.82) is 0 Å². The van der Waals surface area contributed by atoms with Crippen molar-refractivity contribution in [3.8, 4) is 11.5 Å². The number of phenolic OH excluding ortho intramolecular Hbond substituents is 1. The zero-order valence-corrected chi connectivity index (χ0v) is 34.8. The molecule has 0 unspecified atom stereocenters. The molecule has 0 aliphatic carbocycles. The molecule has 8 N–H and O–H groups in total. The van der Waals surface area contributed by atoms with Crippen molar-refractivity contribution in [2.75, 3.05) is 18.0 Å². The van der Waals surface area contributed by atoms with Crippen LogP contribution in [0.25, 0.3) is 0 Å². The topological polar surface area (TPSA) is 232 Å². The molecular weight excluding hydrogens is 831 g/mol. The third kappa shape index (κ3) is 11.8. The number of hydrogen-bond acceptors (Lipinski definition) is 13. The zero-order chi connectivity index (χ0) is 44.0. The van der Waals surface area contributed by atoms with Crippen molar-refractivity contribution >= 4 is 63.8 Å². The molecule has 318 valence electrons. The summed E-state index contributed by atoms with van der Waals surface area (Å²) in [6.07, 6.45) is -0.165. The smallest absolute Gasteiger partial charge is 0.339 e. The van der Waals surface area contributed by atoms with Crippen molar-refractivity contribution in [2.45, 2.75) is 38.1 Å². The van der Waals surface area contributed by atoms with Crippen LogP contribution in [0.4, 0.5) is 10.8 Å². The predicted molar refractivity (Wildman–Crippen MR) is 235 cm³/mol. The molecule has 0 aliphatic rings. The van der Waals surface area contributed by atoms with Crippen molar-refractivity contribution < 1.29 is 38.6 Å². The molecule has 17 heteroatoms. The number of aromatic hydroxyl groups is 1. The van der Waals surface area contributed by atoms with Crippen LogP contribution in [0.2, 0.25) is 0 Å². The lowest BCUT2D eigenvalue weighted by Gasteiger charge is -2.27. The van der Waals surface area contributed by atoms with Gasteiger partial charge in [-0.25, -0.2) is 4.79 Å². The van der Waals surface area contributed by atoms with Gasteiger partial charge in [0.25, 0.3) is 0 Å². The van der Waals surface area contributed by atoms with Gasteiger partial charge in [-0.3, -0.25) is 29.2 Å². The maximum Gasteiger partial charge on any atom is 0.339 e. The molecule has 0 saturated carbocycles. The first-order valence-electron chi connectivity index (χ1n) is 19.3. The molecule has 0 bridgehead atoms. The first-order chi connectivity index (χ1) is 30.0. The molecule has 5 aromatic carbocycles. The van der Waals surface area contributed by atoms with Crippen LogP contribution in [0.5, 0.6) is 11.5 Å². The van der Waals surface area contributed by atoms with E-state index in [1.165, 1.54) is 30.3 Å². The minimum atomic E-state index is -1.43. The van der Waals surface area contributed by atoms with Gasteiger partial charge in [0, 0.05) is 12.8 Å². The van der Waals surface area contributed by atoms with Crippen molar-refractivity contribution in [1.82, 2.24) is 20.8 Å². The molecule has 2 atom stereocenters. The lowest BCUT2D eigenvalue weighted by atomic mass is 9.92. The number of phenols is 1. The number of carbonyl (C=O) groups excluding carboxylic acids is 5. The van der Waals surface area contributed by atoms with E-state index in [9.17, 15) is 24.3 Å². The van der Waals surface area contributed by atoms with Crippen LogP contribution in [0.15, 0.2) is 127 Å². The number of aromatic amines is 1. The highest BCUT2D eigenvalue weighted by atomic mass is 32.1. The normalized spacial score (nSPS) is 11.8. The molecule has 1 heterocycles. The van der Waals surface area contributed by atoms with Gasteiger partial charge in [0.2, 0.25) is 22.9 Å². The fourth-order valence-electron chi connectivity index (χ4n) is 6.39. The number of anilines is 2. The van der Waals surface area contributed by atoms with Gasteiger partial charge in [-0.05, 0) is 70.9 Å². The Morgan fingerprint density at radius 2 is 1.34 bits per heavy atom. The summed E-state index contributed by atoms with van der Waals surface area (Å²) in [7, 11) is 0. The van der Waals surface area contributed by atoms with E-state index in [1.54, 1.807) is 60.7 Å². The summed E-state index contributed by atoms with van der Waals surface area (Å²) in [5.74, 6) is -3.20. The number of Topliss-reactive ketones (excluding diaryl/α,β-unsaturated/α-hetero) is 1. The van der Waals surface area contributed by atoms with E-state index >= 15 is 4.79 Å². The van der Waals surface area contributed by atoms with E-state index in [-0.39, 0.29) is 51.1 Å². The van der Waals surface area contributed by atoms with Gasteiger partial charge in [0.1, 0.15) is 30.8 Å². The molecular formula is C45H43N7O8S2. The number of carbonyl (C=O) groups is 5. The first kappa shape index (κ1) is 44.5. The minimum Gasteiger partial charge on any atom is -0.508 e. The van der Waals surface area contributed by atoms with Gasteiger partial charge < -0.3 is 36.7 Å². The Labute approximate surface area is 365 Å². The Morgan fingerprint density at radius 1 is 0.726 bits per heavy atom. The highest BCUT2D eigenvalue weighted by Crippen LogP contribution is 2.34. The number of nitrogens with one attached hydrogen (secondary N) is 3. The molecule has 6 aromatic rings. The number of rotatable bonds is 19. The molecule has 62 heavy (non-hydrogen) atoms. The van der Waals surface area contributed by atoms with E-state index in [2.05, 4.69) is 20.8 Å². The van der Waals surface area contributed by atoms with Gasteiger partial charge >= 0.3 is 5.97 Å². The van der Waals surface area contributed by atoms with E-state index < -0.39 is 54.6 Å². The third-order valence-corrected chi connectivity index (χ3v) is 10.5. The maximum atomic E-state index is 15.4. The number of nitrogens with zero attached hydrogens (tertiary/aromatic N) is 2. The Kier molecular flexibility index (Phi) is 15.4. The second-order valence-electron chi connectivity index (χ2n) is 13.8. The van der Waals surface area contributed by atoms with Crippen LogP contribution in [-0.4, -0.2) is 70.0 Å². The zero-order valence-electron chi connectivity index (χ0n) is 33.2. The Morgan fingerprint density at radius 3 is 1.94 bits per heavy atom.